The molecule has 9 heteroatoms. The van der Waals surface area contributed by atoms with Gasteiger partial charge in [0.1, 0.15) is 11.9 Å². The van der Waals surface area contributed by atoms with E-state index in [-0.39, 0.29) is 17.8 Å². The third kappa shape index (κ3) is 6.21. The number of thioether (sulfide) groups is 1. The van der Waals surface area contributed by atoms with Crippen LogP contribution in [-0.2, 0) is 16.1 Å². The maximum absolute atomic E-state index is 12.4. The number of para-hydroxylation sites is 1. The van der Waals surface area contributed by atoms with Gasteiger partial charge in [0.05, 0.1) is 30.1 Å². The molecule has 174 valence electrons. The van der Waals surface area contributed by atoms with E-state index in [1.54, 1.807) is 7.11 Å². The van der Waals surface area contributed by atoms with E-state index in [9.17, 15) is 4.79 Å². The van der Waals surface area contributed by atoms with Crippen molar-refractivity contribution in [3.8, 4) is 11.4 Å². The van der Waals surface area contributed by atoms with Gasteiger partial charge in [-0.1, -0.05) is 41.9 Å². The van der Waals surface area contributed by atoms with Crippen LogP contribution in [0.25, 0.3) is 5.69 Å². The van der Waals surface area contributed by atoms with E-state index in [1.165, 1.54) is 18.2 Å². The first kappa shape index (κ1) is 23.4. The van der Waals surface area contributed by atoms with E-state index in [0.29, 0.717) is 22.5 Å². The summed E-state index contributed by atoms with van der Waals surface area (Å²) in [4.78, 5) is 12.4. The normalized spacial score (nSPS) is 14.1. The zero-order chi connectivity index (χ0) is 23.0. The van der Waals surface area contributed by atoms with Crippen LogP contribution in [0, 0.1) is 0 Å². The average molecular weight is 487 g/mol. The molecule has 1 saturated carbocycles. The number of hydrogen-bond donors (Lipinski definition) is 1. The van der Waals surface area contributed by atoms with Gasteiger partial charge in [0.25, 0.3) is 0 Å². The molecule has 4 rings (SSSR count). The second kappa shape index (κ2) is 11.4. The van der Waals surface area contributed by atoms with Gasteiger partial charge in [-0.3, -0.25) is 9.36 Å². The number of esters is 1. The van der Waals surface area contributed by atoms with Crippen molar-refractivity contribution in [3.63, 3.8) is 0 Å². The fourth-order valence-corrected chi connectivity index (χ4v) is 4.76. The lowest BCUT2D eigenvalue weighted by molar-refractivity contribution is -0.147. The number of ether oxygens (including phenoxy) is 2. The second-order valence-electron chi connectivity index (χ2n) is 7.80. The Morgan fingerprint density at radius 3 is 2.61 bits per heavy atom. The van der Waals surface area contributed by atoms with Crippen molar-refractivity contribution in [3.05, 3.63) is 59.4 Å². The molecular formula is C24H27ClN4O3S. The molecule has 1 aliphatic rings. The highest BCUT2D eigenvalue weighted by atomic mass is 35.5. The minimum absolute atomic E-state index is 0.0432. The molecule has 1 N–H and O–H groups in total. The van der Waals surface area contributed by atoms with E-state index in [1.807, 2.05) is 53.1 Å². The summed E-state index contributed by atoms with van der Waals surface area (Å²) in [5.41, 5.74) is 1.69. The third-order valence-corrected chi connectivity index (χ3v) is 6.74. The maximum atomic E-state index is 12.4. The minimum atomic E-state index is -0.216. The van der Waals surface area contributed by atoms with Crippen LogP contribution >= 0.6 is 23.4 Å². The first-order valence-electron chi connectivity index (χ1n) is 11.0. The fourth-order valence-electron chi connectivity index (χ4n) is 3.80. The van der Waals surface area contributed by atoms with Crippen molar-refractivity contribution in [2.45, 2.75) is 49.9 Å². The monoisotopic (exact) mass is 486 g/mol. The quantitative estimate of drug-likeness (QED) is 0.315. The molecule has 1 aliphatic carbocycles. The van der Waals surface area contributed by atoms with Crippen LogP contribution < -0.4 is 10.1 Å². The molecule has 7 nitrogen and oxygen atoms in total. The lowest BCUT2D eigenvalue weighted by Crippen LogP contribution is -2.22. The lowest BCUT2D eigenvalue weighted by atomic mass is 9.98. The SMILES string of the molecule is COc1ccc(-n2c(CNc3ccccc3Cl)nnc2SCC(=O)OC2CCCCC2)cc1. The number of anilines is 1. The highest BCUT2D eigenvalue weighted by Gasteiger charge is 2.20. The van der Waals surface area contributed by atoms with Crippen LogP contribution in [-0.4, -0.2) is 39.7 Å². The van der Waals surface area contributed by atoms with Crippen LogP contribution in [0.1, 0.15) is 37.9 Å². The summed E-state index contributed by atoms with van der Waals surface area (Å²) in [7, 11) is 1.63. The number of carbonyl (C=O) groups excluding carboxylic acids is 1. The Bertz CT molecular complexity index is 1070. The molecule has 0 unspecified atom stereocenters. The number of methoxy groups -OCH3 is 1. The molecule has 0 radical (unpaired) electrons. The highest BCUT2D eigenvalue weighted by molar-refractivity contribution is 7.99. The van der Waals surface area contributed by atoms with Crippen molar-refractivity contribution in [1.82, 2.24) is 14.8 Å². The Morgan fingerprint density at radius 2 is 1.88 bits per heavy atom. The molecule has 33 heavy (non-hydrogen) atoms. The summed E-state index contributed by atoms with van der Waals surface area (Å²) in [6.07, 6.45) is 5.42. The number of halogens is 1. The molecule has 1 aromatic heterocycles. The molecule has 3 aromatic rings. The van der Waals surface area contributed by atoms with Gasteiger partial charge in [-0.2, -0.15) is 0 Å². The lowest BCUT2D eigenvalue weighted by Gasteiger charge is -2.21. The Balaban J connectivity index is 1.50. The van der Waals surface area contributed by atoms with Crippen molar-refractivity contribution in [1.29, 1.82) is 0 Å². The van der Waals surface area contributed by atoms with Crippen molar-refractivity contribution >= 4 is 35.0 Å². The third-order valence-electron chi connectivity index (χ3n) is 5.51. The minimum Gasteiger partial charge on any atom is -0.497 e. The summed E-state index contributed by atoms with van der Waals surface area (Å²) < 4.78 is 12.9. The number of carbonyl (C=O) groups is 1. The van der Waals surface area contributed by atoms with Gasteiger partial charge in [-0.05, 0) is 62.1 Å². The van der Waals surface area contributed by atoms with Gasteiger partial charge >= 0.3 is 5.97 Å². The summed E-state index contributed by atoms with van der Waals surface area (Å²) in [6, 6.07) is 15.2. The van der Waals surface area contributed by atoms with Gasteiger partial charge in [0.15, 0.2) is 11.0 Å². The van der Waals surface area contributed by atoms with Crippen LogP contribution in [0.3, 0.4) is 0 Å². The van der Waals surface area contributed by atoms with Crippen LogP contribution in [0.5, 0.6) is 5.75 Å². The maximum Gasteiger partial charge on any atom is 0.316 e. The number of rotatable bonds is 9. The zero-order valence-electron chi connectivity index (χ0n) is 18.5. The van der Waals surface area contributed by atoms with Crippen molar-refractivity contribution in [2.75, 3.05) is 18.2 Å². The van der Waals surface area contributed by atoms with Crippen LogP contribution in [0.15, 0.2) is 53.7 Å². The zero-order valence-corrected chi connectivity index (χ0v) is 20.1. The summed E-state index contributed by atoms with van der Waals surface area (Å²) in [5.74, 6) is 1.42. The smallest absolute Gasteiger partial charge is 0.316 e. The van der Waals surface area contributed by atoms with Crippen molar-refractivity contribution < 1.29 is 14.3 Å². The van der Waals surface area contributed by atoms with E-state index < -0.39 is 0 Å². The van der Waals surface area contributed by atoms with Gasteiger partial charge in [0, 0.05) is 5.69 Å². The van der Waals surface area contributed by atoms with E-state index in [0.717, 1.165) is 42.8 Å². The van der Waals surface area contributed by atoms with E-state index in [4.69, 9.17) is 21.1 Å². The summed E-state index contributed by atoms with van der Waals surface area (Å²) >= 11 is 7.60. The van der Waals surface area contributed by atoms with Gasteiger partial charge in [0.2, 0.25) is 0 Å². The first-order valence-corrected chi connectivity index (χ1v) is 12.4. The Labute approximate surface area is 202 Å². The average Bonchev–Trinajstić information content (AvgIpc) is 3.25. The molecule has 0 saturated heterocycles. The molecule has 2 aromatic carbocycles. The molecule has 0 amide bonds. The second-order valence-corrected chi connectivity index (χ2v) is 9.15. The largest absolute Gasteiger partial charge is 0.497 e. The van der Waals surface area contributed by atoms with Crippen LogP contribution in [0.2, 0.25) is 5.02 Å². The number of aromatic nitrogens is 3. The Morgan fingerprint density at radius 1 is 1.12 bits per heavy atom. The Kier molecular flexibility index (Phi) is 8.12. The molecule has 0 aliphatic heterocycles. The van der Waals surface area contributed by atoms with E-state index >= 15 is 0 Å². The molecule has 0 atom stereocenters. The molecule has 0 spiro atoms. The molecular weight excluding hydrogens is 460 g/mol. The van der Waals surface area contributed by atoms with Gasteiger partial charge in [-0.15, -0.1) is 10.2 Å². The molecule has 1 heterocycles. The Hall–Kier alpha value is -2.71. The number of nitrogens with zero attached hydrogens (tertiary/aromatic N) is 3. The van der Waals surface area contributed by atoms with Crippen molar-refractivity contribution in [2.24, 2.45) is 0 Å². The summed E-state index contributed by atoms with van der Waals surface area (Å²) in [6.45, 7) is 0.413. The van der Waals surface area contributed by atoms with E-state index in [2.05, 4.69) is 15.5 Å². The van der Waals surface area contributed by atoms with Crippen LogP contribution in [0.4, 0.5) is 5.69 Å². The topological polar surface area (TPSA) is 78.3 Å². The first-order chi connectivity index (χ1) is 16.1. The number of benzene rings is 2. The summed E-state index contributed by atoms with van der Waals surface area (Å²) in [5, 5.41) is 13.3. The predicted molar refractivity (Wildman–Crippen MR) is 130 cm³/mol. The van der Waals surface area contributed by atoms with Gasteiger partial charge in [-0.25, -0.2) is 0 Å². The molecule has 0 bridgehead atoms. The standard InChI is InChI=1S/C24H27ClN4O3S/c1-31-18-13-11-17(12-14-18)29-22(15-26-21-10-6-5-9-20(21)25)27-28-24(29)33-16-23(30)32-19-7-3-2-4-8-19/h5-6,9-14,19,26H,2-4,7-8,15-16H2,1H3. The highest BCUT2D eigenvalue weighted by Crippen LogP contribution is 2.27. The predicted octanol–water partition coefficient (Wildman–Crippen LogP) is 5.51. The number of nitrogens with one attached hydrogen (secondary N) is 1. The number of hydrogen-bond acceptors (Lipinski definition) is 7. The van der Waals surface area contributed by atoms with Gasteiger partial charge < -0.3 is 14.8 Å². The fraction of sp³-hybridized carbons (Fsp3) is 0.375. The molecule has 1 fully saturated rings.